The molecule has 1 aliphatic heterocycles. The fourth-order valence-electron chi connectivity index (χ4n) is 3.78. The van der Waals surface area contributed by atoms with Crippen molar-refractivity contribution in [1.29, 1.82) is 0 Å². The minimum Gasteiger partial charge on any atom is -0.508 e. The van der Waals surface area contributed by atoms with Gasteiger partial charge in [0.25, 0.3) is 5.56 Å². The number of carbonyl (C=O) groups excluding carboxylic acids is 1. The summed E-state index contributed by atoms with van der Waals surface area (Å²) in [5.74, 6) is -2.05. The van der Waals surface area contributed by atoms with Gasteiger partial charge in [-0.15, -0.1) is 0 Å². The van der Waals surface area contributed by atoms with Crippen molar-refractivity contribution >= 4 is 13.7 Å². The van der Waals surface area contributed by atoms with E-state index in [2.05, 4.69) is 5.09 Å². The number of aromatic amines is 1. The van der Waals surface area contributed by atoms with Gasteiger partial charge in [-0.25, -0.2) is 9.36 Å². The summed E-state index contributed by atoms with van der Waals surface area (Å²) >= 11 is 0. The molecule has 0 saturated carbocycles. The second kappa shape index (κ2) is 13.1. The molecule has 1 aliphatic rings. The Morgan fingerprint density at radius 1 is 1.26 bits per heavy atom. The van der Waals surface area contributed by atoms with E-state index in [1.54, 1.807) is 18.2 Å². The van der Waals surface area contributed by atoms with Crippen molar-refractivity contribution in [3.63, 3.8) is 0 Å². The number of aliphatic hydroxyl groups is 1. The first-order chi connectivity index (χ1) is 18.5. The van der Waals surface area contributed by atoms with Gasteiger partial charge in [-0.3, -0.25) is 23.7 Å². The highest BCUT2D eigenvalue weighted by atomic mass is 31.2. The first kappa shape index (κ1) is 30.1. The summed E-state index contributed by atoms with van der Waals surface area (Å²) in [5.41, 5.74) is -2.14. The number of hydrogen-bond acceptors (Lipinski definition) is 9. The second-order valence-corrected chi connectivity index (χ2v) is 10.7. The topological polar surface area (TPSA) is 158 Å². The lowest BCUT2D eigenvalue weighted by molar-refractivity contribution is -0.146. The lowest BCUT2D eigenvalue weighted by Gasteiger charge is -2.26. The predicted octanol–water partition coefficient (Wildman–Crippen LogP) is 3.91. The zero-order valence-corrected chi connectivity index (χ0v) is 23.0. The highest BCUT2D eigenvalue weighted by Crippen LogP contribution is 2.48. The Morgan fingerprint density at radius 3 is 2.56 bits per heavy atom. The maximum atomic E-state index is 13.8. The van der Waals surface area contributed by atoms with Crippen LogP contribution < -0.4 is 20.9 Å². The minimum atomic E-state index is -4.32. The van der Waals surface area contributed by atoms with E-state index in [-0.39, 0.29) is 36.2 Å². The van der Waals surface area contributed by atoms with E-state index in [1.165, 1.54) is 26.0 Å². The van der Waals surface area contributed by atoms with Crippen LogP contribution in [0.5, 0.6) is 5.75 Å². The number of benzene rings is 1. The fraction of sp³-hybridized carbons (Fsp3) is 0.480. The monoisotopic (exact) mass is 569 g/mol. The van der Waals surface area contributed by atoms with Crippen molar-refractivity contribution in [1.82, 2.24) is 14.6 Å². The van der Waals surface area contributed by atoms with E-state index < -0.39 is 49.2 Å². The van der Waals surface area contributed by atoms with Crippen LogP contribution in [0.2, 0.25) is 0 Å². The fourth-order valence-corrected chi connectivity index (χ4v) is 5.42. The molecule has 0 bridgehead atoms. The number of para-hydroxylation sites is 1. The lowest BCUT2D eigenvalue weighted by atomic mass is 10.1. The van der Waals surface area contributed by atoms with Crippen LogP contribution in [0.1, 0.15) is 53.2 Å². The van der Waals surface area contributed by atoms with Crippen LogP contribution in [0.25, 0.3) is 0 Å². The van der Waals surface area contributed by atoms with Crippen LogP contribution in [0.4, 0.5) is 4.39 Å². The molecule has 14 heteroatoms. The van der Waals surface area contributed by atoms with E-state index >= 15 is 0 Å². The van der Waals surface area contributed by atoms with E-state index in [4.69, 9.17) is 18.5 Å². The van der Waals surface area contributed by atoms with Crippen LogP contribution >= 0.6 is 7.75 Å². The van der Waals surface area contributed by atoms with E-state index in [1.807, 2.05) is 18.8 Å². The molecule has 12 nitrogen and oxygen atoms in total. The van der Waals surface area contributed by atoms with Gasteiger partial charge < -0.3 is 19.1 Å². The van der Waals surface area contributed by atoms with Gasteiger partial charge in [-0.05, 0) is 31.9 Å². The molecule has 0 amide bonds. The first-order valence-electron chi connectivity index (χ1n) is 12.5. The van der Waals surface area contributed by atoms with Crippen molar-refractivity contribution in [2.24, 2.45) is 5.92 Å². The molecule has 1 aromatic carbocycles. The number of nitrogens with zero attached hydrogens (tertiary/aromatic N) is 1. The molecule has 3 N–H and O–H groups in total. The zero-order valence-electron chi connectivity index (χ0n) is 22.1. The number of esters is 1. The summed E-state index contributed by atoms with van der Waals surface area (Å²) in [6, 6.07) is 7.00. The predicted molar refractivity (Wildman–Crippen MR) is 139 cm³/mol. The number of rotatable bonds is 13. The third-order valence-electron chi connectivity index (χ3n) is 6.11. The second-order valence-electron chi connectivity index (χ2n) is 9.04. The Balaban J connectivity index is 1.77. The summed E-state index contributed by atoms with van der Waals surface area (Å²) < 4.78 is 50.7. The van der Waals surface area contributed by atoms with Crippen LogP contribution in [-0.2, 0) is 23.4 Å². The van der Waals surface area contributed by atoms with Crippen LogP contribution in [0.15, 0.2) is 57.6 Å². The van der Waals surface area contributed by atoms with Crippen LogP contribution in [0.3, 0.4) is 0 Å². The van der Waals surface area contributed by atoms with Gasteiger partial charge in [0.1, 0.15) is 23.7 Å². The molecule has 214 valence electrons. The summed E-state index contributed by atoms with van der Waals surface area (Å²) in [6.07, 6.45) is -0.351. The standard InChI is InChI=1S/C25H33FN3O9P/c1-5-17(6-2)14-35-24(32)15(3)28-39(34,38-18-10-8-7-9-11-18)37-16(4)22-20(30)12-21(36-22)29-13-19(26)23(31)27-25(29)33/h7-11,13,15-17,21,30H,5-6,12,14H2,1-4H3,(H,28,34)(H,27,31,33)/t15-,16+,21+,39+/m0/s1. The van der Waals surface area contributed by atoms with Crippen molar-refractivity contribution in [3.05, 3.63) is 74.7 Å². The molecule has 0 fully saturated rings. The van der Waals surface area contributed by atoms with E-state index in [0.29, 0.717) is 6.20 Å². The van der Waals surface area contributed by atoms with Gasteiger partial charge in [0.05, 0.1) is 19.2 Å². The molecule has 0 unspecified atom stereocenters. The van der Waals surface area contributed by atoms with Crippen molar-refractivity contribution in [2.75, 3.05) is 6.61 Å². The number of H-pyrrole nitrogens is 1. The number of nitrogens with one attached hydrogen (secondary N) is 2. The minimum absolute atomic E-state index is 0.178. The molecule has 0 aliphatic carbocycles. The molecule has 1 aromatic heterocycles. The van der Waals surface area contributed by atoms with E-state index in [0.717, 1.165) is 17.4 Å². The van der Waals surface area contributed by atoms with Gasteiger partial charge in [-0.2, -0.15) is 9.48 Å². The Labute approximate surface area is 224 Å². The normalized spacial score (nSPS) is 18.4. The summed E-state index contributed by atoms with van der Waals surface area (Å²) in [6.45, 7) is 7.04. The largest absolute Gasteiger partial charge is 0.508 e. The Kier molecular flexibility index (Phi) is 10.1. The molecular weight excluding hydrogens is 536 g/mol. The smallest absolute Gasteiger partial charge is 0.460 e. The summed E-state index contributed by atoms with van der Waals surface area (Å²) in [7, 11) is -4.32. The Bertz CT molecular complexity index is 1340. The number of aromatic nitrogens is 2. The molecule has 4 atom stereocenters. The molecule has 0 saturated heterocycles. The third kappa shape index (κ3) is 7.81. The average Bonchev–Trinajstić information content (AvgIpc) is 3.28. The SMILES string of the molecule is CCC(CC)COC(=O)[C@H](C)N[P@](=O)(Oc1ccccc1)O[C@H](C)C1=C(O)C[C@H](n2cc(F)c(=O)[nH]c2=O)O1. The quantitative estimate of drug-likeness (QED) is 0.239. The number of halogens is 1. The number of hydrogen-bond donors (Lipinski definition) is 3. The molecule has 2 heterocycles. The first-order valence-corrected chi connectivity index (χ1v) is 14.1. The summed E-state index contributed by atoms with van der Waals surface area (Å²) in [4.78, 5) is 37.9. The molecule has 2 aromatic rings. The molecule has 0 radical (unpaired) electrons. The van der Waals surface area contributed by atoms with Gasteiger partial charge in [0.15, 0.2) is 12.0 Å². The van der Waals surface area contributed by atoms with Crippen LogP contribution in [-0.4, -0.2) is 39.4 Å². The van der Waals surface area contributed by atoms with Gasteiger partial charge in [-0.1, -0.05) is 44.9 Å². The van der Waals surface area contributed by atoms with E-state index in [9.17, 15) is 28.4 Å². The average molecular weight is 570 g/mol. The highest BCUT2D eigenvalue weighted by molar-refractivity contribution is 7.52. The Hall–Kier alpha value is -3.41. The Morgan fingerprint density at radius 2 is 1.92 bits per heavy atom. The third-order valence-corrected chi connectivity index (χ3v) is 7.85. The van der Waals surface area contributed by atoms with Crippen LogP contribution in [0, 0.1) is 11.7 Å². The zero-order chi connectivity index (χ0) is 28.7. The molecule has 0 spiro atoms. The summed E-state index contributed by atoms with van der Waals surface area (Å²) in [5, 5.41) is 13.1. The maximum Gasteiger partial charge on any atom is 0.460 e. The highest BCUT2D eigenvalue weighted by Gasteiger charge is 2.39. The maximum absolute atomic E-state index is 13.8. The van der Waals surface area contributed by atoms with Gasteiger partial charge in [0.2, 0.25) is 5.82 Å². The number of carbonyl (C=O) groups is 1. The number of aliphatic hydroxyl groups excluding tert-OH is 1. The molecule has 3 rings (SSSR count). The van der Waals surface area contributed by atoms with Crippen molar-refractivity contribution in [3.8, 4) is 5.75 Å². The number of ether oxygens (including phenoxy) is 2. The molecule has 39 heavy (non-hydrogen) atoms. The lowest BCUT2D eigenvalue weighted by Crippen LogP contribution is -2.36. The van der Waals surface area contributed by atoms with Gasteiger partial charge in [0, 0.05) is 0 Å². The molecular formula is C25H33FN3O9P. The van der Waals surface area contributed by atoms with Gasteiger partial charge >= 0.3 is 19.4 Å². The van der Waals surface area contributed by atoms with Crippen molar-refractivity contribution in [2.45, 2.75) is 65.3 Å². The van der Waals surface area contributed by atoms with Crippen molar-refractivity contribution < 1.29 is 37.4 Å².